The number of hydrogen-bond acceptors (Lipinski definition) is 3. The Bertz CT molecular complexity index is 968. The molecular weight excluding hydrogens is 530 g/mol. The maximum absolute atomic E-state index is 15.6. The molecule has 4 rings (SSSR count). The lowest BCUT2D eigenvalue weighted by Crippen LogP contribution is -3.11. The monoisotopic (exact) mass is 544 g/mol. The summed E-state index contributed by atoms with van der Waals surface area (Å²) in [5, 5.41) is 0. The van der Waals surface area contributed by atoms with Crippen molar-refractivity contribution in [1.82, 2.24) is 0 Å². The molecule has 4 aliphatic carbocycles. The highest BCUT2D eigenvalue weighted by Crippen LogP contribution is 2.88. The molecule has 2 atom stereocenters. The van der Waals surface area contributed by atoms with E-state index in [1.54, 1.807) is 0 Å². The van der Waals surface area contributed by atoms with E-state index in [1.165, 1.54) is 0 Å². The van der Waals surface area contributed by atoms with E-state index in [1.807, 2.05) is 0 Å². The molecular formula is C18H14F14O3. The van der Waals surface area contributed by atoms with Crippen molar-refractivity contribution in [3.05, 3.63) is 12.2 Å². The molecule has 17 heteroatoms. The Morgan fingerprint density at radius 1 is 0.600 bits per heavy atom. The summed E-state index contributed by atoms with van der Waals surface area (Å²) < 4.78 is 220. The molecule has 0 aliphatic heterocycles. The zero-order valence-corrected chi connectivity index (χ0v) is 17.7. The fraction of sp³-hybridized carbons (Fsp3) is 0.833. The fourth-order valence-electron chi connectivity index (χ4n) is 4.89. The van der Waals surface area contributed by atoms with E-state index in [9.17, 15) is 13.6 Å². The van der Waals surface area contributed by atoms with Crippen molar-refractivity contribution >= 4 is 5.97 Å². The van der Waals surface area contributed by atoms with Crippen LogP contribution in [0.4, 0.5) is 61.5 Å². The molecule has 4 fully saturated rings. The summed E-state index contributed by atoms with van der Waals surface area (Å²) in [5.41, 5.74) is -33.2. The summed E-state index contributed by atoms with van der Waals surface area (Å²) in [6, 6.07) is 0. The standard InChI is InChI=1S/C18H14F14O3/c1-6(2)7(33)34-11-14(23,24)9(19)13(21,22)10(20,15(11,25)26)17(29,30)12(16(9,27)28,18(11,31)32)35-8(3,4)5/h1H2,2-5H3. The van der Waals surface area contributed by atoms with Gasteiger partial charge in [-0.15, -0.1) is 0 Å². The Morgan fingerprint density at radius 3 is 1.20 bits per heavy atom. The molecule has 0 aromatic carbocycles. The van der Waals surface area contributed by atoms with Crippen LogP contribution in [-0.4, -0.2) is 69.6 Å². The molecule has 4 bridgehead atoms. The average molecular weight is 544 g/mol. The van der Waals surface area contributed by atoms with Gasteiger partial charge in [-0.25, -0.2) is 13.6 Å². The van der Waals surface area contributed by atoms with Crippen LogP contribution in [0.1, 0.15) is 27.7 Å². The molecule has 0 amide bonds. The number of hydrogen-bond donors (Lipinski definition) is 0. The zero-order valence-electron chi connectivity index (χ0n) is 17.7. The van der Waals surface area contributed by atoms with Gasteiger partial charge in [0.25, 0.3) is 5.60 Å². The fourth-order valence-corrected chi connectivity index (χ4v) is 4.89. The largest absolute Gasteiger partial charge is 0.436 e. The Morgan fingerprint density at radius 2 is 0.914 bits per heavy atom. The predicted octanol–water partition coefficient (Wildman–Crippen LogP) is 5.67. The van der Waals surface area contributed by atoms with Crippen LogP contribution in [0.25, 0.3) is 0 Å². The van der Waals surface area contributed by atoms with Crippen molar-refractivity contribution in [2.75, 3.05) is 0 Å². The maximum Gasteiger partial charge on any atom is 0.344 e. The Kier molecular flexibility index (Phi) is 4.77. The van der Waals surface area contributed by atoms with Gasteiger partial charge in [0.15, 0.2) is 0 Å². The lowest BCUT2D eigenvalue weighted by atomic mass is 9.39. The lowest BCUT2D eigenvalue weighted by Gasteiger charge is -2.76. The van der Waals surface area contributed by atoms with Crippen LogP contribution in [0.5, 0.6) is 0 Å². The highest BCUT2D eigenvalue weighted by atomic mass is 19.3. The van der Waals surface area contributed by atoms with E-state index in [-0.39, 0.29) is 0 Å². The van der Waals surface area contributed by atoms with Crippen LogP contribution in [0.15, 0.2) is 12.2 Å². The number of carbonyl (C=O) groups excluding carboxylic acids is 1. The van der Waals surface area contributed by atoms with Gasteiger partial charge in [-0.1, -0.05) is 6.58 Å². The Labute approximate surface area is 186 Å². The van der Waals surface area contributed by atoms with Gasteiger partial charge in [0.2, 0.25) is 0 Å². The minimum Gasteiger partial charge on any atom is -0.436 e. The Balaban J connectivity index is 2.74. The SMILES string of the molecule is C=C(C)C(=O)OC12C(F)(F)C3(F)C(F)(F)C(F)(C1(F)F)C(F)(F)C(OC(C)(C)C)(C3(F)F)C2(F)F. The van der Waals surface area contributed by atoms with E-state index in [2.05, 4.69) is 16.1 Å². The lowest BCUT2D eigenvalue weighted by molar-refractivity contribution is -0.629. The van der Waals surface area contributed by atoms with Crippen molar-refractivity contribution in [3.8, 4) is 0 Å². The van der Waals surface area contributed by atoms with Gasteiger partial charge in [-0.05, 0) is 27.7 Å². The van der Waals surface area contributed by atoms with Crippen LogP contribution >= 0.6 is 0 Å². The molecule has 4 aliphatic rings. The molecule has 4 saturated carbocycles. The quantitative estimate of drug-likeness (QED) is 0.261. The van der Waals surface area contributed by atoms with Crippen molar-refractivity contribution in [2.24, 2.45) is 0 Å². The van der Waals surface area contributed by atoms with Gasteiger partial charge in [0.1, 0.15) is 0 Å². The molecule has 0 radical (unpaired) electrons. The molecule has 0 spiro atoms. The molecule has 0 heterocycles. The summed E-state index contributed by atoms with van der Waals surface area (Å²) in [6.45, 7) is 4.11. The smallest absolute Gasteiger partial charge is 0.344 e. The van der Waals surface area contributed by atoms with Gasteiger partial charge in [0.05, 0.1) is 5.60 Å². The van der Waals surface area contributed by atoms with Crippen molar-refractivity contribution in [3.63, 3.8) is 0 Å². The number of halogens is 14. The highest BCUT2D eigenvalue weighted by Gasteiger charge is 3.24. The van der Waals surface area contributed by atoms with Crippen LogP contribution in [0.3, 0.4) is 0 Å². The molecule has 0 N–H and O–H groups in total. The first-order valence-corrected chi connectivity index (χ1v) is 9.27. The van der Waals surface area contributed by atoms with Crippen molar-refractivity contribution in [1.29, 1.82) is 0 Å². The first kappa shape index (κ1) is 27.8. The Hall–Kier alpha value is -1.81. The third-order valence-electron chi connectivity index (χ3n) is 6.30. The molecule has 0 saturated heterocycles. The molecule has 2 unspecified atom stereocenters. The third kappa shape index (κ3) is 2.00. The van der Waals surface area contributed by atoms with Crippen LogP contribution < -0.4 is 0 Å². The maximum atomic E-state index is 15.6. The molecule has 35 heavy (non-hydrogen) atoms. The van der Waals surface area contributed by atoms with Gasteiger partial charge < -0.3 is 9.47 Å². The second-order valence-electron chi connectivity index (χ2n) is 9.51. The topological polar surface area (TPSA) is 35.5 Å². The second-order valence-corrected chi connectivity index (χ2v) is 9.51. The van der Waals surface area contributed by atoms with Gasteiger partial charge in [-0.2, -0.15) is 52.7 Å². The molecule has 202 valence electrons. The number of carbonyl (C=O) groups is 1. The summed E-state index contributed by atoms with van der Waals surface area (Å²) in [6.07, 6.45) is 0. The first-order valence-electron chi connectivity index (χ1n) is 9.27. The summed E-state index contributed by atoms with van der Waals surface area (Å²) in [4.78, 5) is 11.8. The molecule has 0 aromatic rings. The van der Waals surface area contributed by atoms with Crippen LogP contribution in [0.2, 0.25) is 0 Å². The van der Waals surface area contributed by atoms with E-state index in [0.717, 1.165) is 0 Å². The summed E-state index contributed by atoms with van der Waals surface area (Å²) >= 11 is 0. The minimum atomic E-state index is -7.78. The normalized spacial score (nSPS) is 43.0. The number of alkyl halides is 14. The van der Waals surface area contributed by atoms with Crippen molar-refractivity contribution in [2.45, 2.75) is 91.4 Å². The van der Waals surface area contributed by atoms with E-state index >= 15 is 52.7 Å². The summed E-state index contributed by atoms with van der Waals surface area (Å²) in [7, 11) is 0. The number of ether oxygens (including phenoxy) is 2. The van der Waals surface area contributed by atoms with Crippen LogP contribution in [0, 0.1) is 0 Å². The third-order valence-corrected chi connectivity index (χ3v) is 6.30. The van der Waals surface area contributed by atoms with Crippen molar-refractivity contribution < 1.29 is 75.7 Å². The predicted molar refractivity (Wildman–Crippen MR) is 84.6 cm³/mol. The summed E-state index contributed by atoms with van der Waals surface area (Å²) in [5.74, 6) is -48.2. The van der Waals surface area contributed by atoms with E-state index in [4.69, 9.17) is 0 Å². The zero-order chi connectivity index (χ0) is 28.1. The minimum absolute atomic E-state index is 0.366. The molecule has 0 aromatic heterocycles. The second kappa shape index (κ2) is 6.01. The van der Waals surface area contributed by atoms with E-state index in [0.29, 0.717) is 27.7 Å². The molecule has 3 nitrogen and oxygen atoms in total. The van der Waals surface area contributed by atoms with Gasteiger partial charge in [-0.3, -0.25) is 0 Å². The van der Waals surface area contributed by atoms with Crippen LogP contribution in [-0.2, 0) is 14.3 Å². The number of esters is 1. The van der Waals surface area contributed by atoms with Gasteiger partial charge >= 0.3 is 58.4 Å². The van der Waals surface area contributed by atoms with Gasteiger partial charge in [0, 0.05) is 5.57 Å². The first-order chi connectivity index (χ1) is 15.0. The van der Waals surface area contributed by atoms with E-state index < -0.39 is 75.2 Å². The average Bonchev–Trinajstić information content (AvgIpc) is 2.63. The highest BCUT2D eigenvalue weighted by molar-refractivity contribution is 5.88. The number of rotatable bonds is 3.